The number of rotatable bonds is 7. The first-order chi connectivity index (χ1) is 10.5. The van der Waals surface area contributed by atoms with Crippen LogP contribution in [0, 0.1) is 0 Å². The Morgan fingerprint density at radius 3 is 2.77 bits per heavy atom. The smallest absolute Gasteiger partial charge is 0.348 e. The van der Waals surface area contributed by atoms with Gasteiger partial charge in [-0.25, -0.2) is 4.79 Å². The number of nitrogens with one attached hydrogen (secondary N) is 1. The topological polar surface area (TPSA) is 82.4 Å². The number of thioether (sulfide) groups is 1. The largest absolute Gasteiger partial charge is 0.369 e. The molecule has 1 amide bonds. The highest BCUT2D eigenvalue weighted by atomic mass is 32.2. The Hall–Kier alpha value is -1.34. The molecule has 1 aliphatic carbocycles. The fourth-order valence-corrected chi connectivity index (χ4v) is 3.64. The molecule has 0 saturated carbocycles. The van der Waals surface area contributed by atoms with Crippen LogP contribution < -0.4 is 16.3 Å². The molecule has 6 nitrogen and oxygen atoms in total. The number of carbonyl (C=O) groups excluding carboxylic acids is 1. The van der Waals surface area contributed by atoms with E-state index >= 15 is 0 Å². The molecule has 0 aliphatic heterocycles. The lowest BCUT2D eigenvalue weighted by molar-refractivity contribution is -0.858. The number of amides is 1. The third kappa shape index (κ3) is 4.33. The quantitative estimate of drug-likeness (QED) is 0.510. The molecule has 0 unspecified atom stereocenters. The molecular formula is C15H25N4O2S+. The van der Waals surface area contributed by atoms with Gasteiger partial charge in [0.05, 0.1) is 26.4 Å². The highest BCUT2D eigenvalue weighted by molar-refractivity contribution is 7.99. The fourth-order valence-electron chi connectivity index (χ4n) is 2.83. The number of nitrogens with two attached hydrogens (primary N) is 1. The van der Waals surface area contributed by atoms with E-state index in [4.69, 9.17) is 5.73 Å². The Labute approximate surface area is 135 Å². The first-order valence-corrected chi connectivity index (χ1v) is 8.80. The van der Waals surface area contributed by atoms with E-state index in [2.05, 4.69) is 19.1 Å². The molecule has 1 aromatic heterocycles. The molecule has 0 fully saturated rings. The van der Waals surface area contributed by atoms with Crippen LogP contribution in [-0.2, 0) is 24.2 Å². The molecule has 0 spiro atoms. The van der Waals surface area contributed by atoms with Gasteiger partial charge in [-0.3, -0.25) is 9.36 Å². The van der Waals surface area contributed by atoms with E-state index in [0.717, 1.165) is 56.5 Å². The normalized spacial score (nSPS) is 14.1. The molecule has 7 heteroatoms. The third-order valence-corrected chi connectivity index (χ3v) is 4.90. The average molecular weight is 325 g/mol. The predicted molar refractivity (Wildman–Crippen MR) is 87.4 cm³/mol. The molecule has 2 rings (SSSR count). The van der Waals surface area contributed by atoms with E-state index in [-0.39, 0.29) is 17.3 Å². The summed E-state index contributed by atoms with van der Waals surface area (Å²) in [5, 5.41) is 0.702. The van der Waals surface area contributed by atoms with Gasteiger partial charge in [-0.05, 0) is 25.7 Å². The van der Waals surface area contributed by atoms with Crippen molar-refractivity contribution in [2.75, 3.05) is 26.4 Å². The summed E-state index contributed by atoms with van der Waals surface area (Å²) < 4.78 is 1.84. The van der Waals surface area contributed by atoms with Crippen molar-refractivity contribution in [3.05, 3.63) is 21.7 Å². The van der Waals surface area contributed by atoms with Gasteiger partial charge in [0.2, 0.25) is 5.91 Å². The van der Waals surface area contributed by atoms with Gasteiger partial charge in [0, 0.05) is 24.2 Å². The van der Waals surface area contributed by atoms with E-state index in [1.54, 1.807) is 0 Å². The zero-order valence-corrected chi connectivity index (χ0v) is 14.2. The molecule has 0 radical (unpaired) electrons. The van der Waals surface area contributed by atoms with Crippen LogP contribution in [0.25, 0.3) is 0 Å². The maximum atomic E-state index is 12.3. The minimum absolute atomic E-state index is 0.173. The van der Waals surface area contributed by atoms with Crippen molar-refractivity contribution in [1.29, 1.82) is 0 Å². The monoisotopic (exact) mass is 325 g/mol. The van der Waals surface area contributed by atoms with Gasteiger partial charge < -0.3 is 10.6 Å². The zero-order valence-electron chi connectivity index (χ0n) is 13.4. The molecule has 0 bridgehead atoms. The lowest BCUT2D eigenvalue weighted by Crippen LogP contribution is -3.05. The van der Waals surface area contributed by atoms with Gasteiger partial charge in [-0.2, -0.15) is 4.98 Å². The Morgan fingerprint density at radius 2 is 2.09 bits per heavy atom. The van der Waals surface area contributed by atoms with Gasteiger partial charge in [0.25, 0.3) is 0 Å². The van der Waals surface area contributed by atoms with Gasteiger partial charge in [0.1, 0.15) is 5.03 Å². The van der Waals surface area contributed by atoms with Crippen LogP contribution in [0.15, 0.2) is 9.82 Å². The summed E-state index contributed by atoms with van der Waals surface area (Å²) >= 11 is 1.29. The molecule has 1 aliphatic rings. The minimum Gasteiger partial charge on any atom is -0.369 e. The van der Waals surface area contributed by atoms with Crippen LogP contribution in [0.1, 0.15) is 30.5 Å². The number of primary amides is 1. The van der Waals surface area contributed by atoms with Gasteiger partial charge >= 0.3 is 5.69 Å². The second kappa shape index (κ2) is 7.78. The highest BCUT2D eigenvalue weighted by Gasteiger charge is 2.20. The first-order valence-electron chi connectivity index (χ1n) is 7.81. The average Bonchev–Trinajstić information content (AvgIpc) is 2.47. The van der Waals surface area contributed by atoms with E-state index in [0.29, 0.717) is 5.03 Å². The molecule has 3 N–H and O–H groups in total. The highest BCUT2D eigenvalue weighted by Crippen LogP contribution is 2.28. The van der Waals surface area contributed by atoms with E-state index in [1.807, 2.05) is 4.57 Å². The molecule has 122 valence electrons. The molecule has 0 atom stereocenters. The van der Waals surface area contributed by atoms with Crippen molar-refractivity contribution < 1.29 is 9.69 Å². The van der Waals surface area contributed by atoms with Gasteiger partial charge in [-0.15, -0.1) is 0 Å². The number of carbonyl (C=O) groups is 1. The molecule has 1 aromatic rings. The Morgan fingerprint density at radius 1 is 1.36 bits per heavy atom. The van der Waals surface area contributed by atoms with E-state index in [9.17, 15) is 9.59 Å². The maximum Gasteiger partial charge on any atom is 0.348 e. The van der Waals surface area contributed by atoms with Crippen molar-refractivity contribution in [2.45, 2.75) is 43.7 Å². The van der Waals surface area contributed by atoms with Gasteiger partial charge in [-0.1, -0.05) is 11.8 Å². The molecule has 1 heterocycles. The van der Waals surface area contributed by atoms with Crippen LogP contribution in [0.3, 0.4) is 0 Å². The summed E-state index contributed by atoms with van der Waals surface area (Å²) in [5.74, 6) is -0.207. The standard InChI is InChI=1S/C15H24N4O2S/c1-18(2)8-5-9-19-12-7-4-3-6-11(12)14(17-15(19)21)22-10-13(16)20/h3-10H2,1-2H3,(H2,16,20)/p+1. The Kier molecular flexibility index (Phi) is 6.02. The third-order valence-electron chi connectivity index (χ3n) is 3.86. The number of aromatic nitrogens is 2. The van der Waals surface area contributed by atoms with Crippen LogP contribution in [0.4, 0.5) is 0 Å². The second-order valence-electron chi connectivity index (χ2n) is 6.05. The second-order valence-corrected chi connectivity index (χ2v) is 7.01. The van der Waals surface area contributed by atoms with Crippen molar-refractivity contribution >= 4 is 17.7 Å². The van der Waals surface area contributed by atoms with E-state index in [1.165, 1.54) is 16.7 Å². The summed E-state index contributed by atoms with van der Waals surface area (Å²) in [7, 11) is 4.22. The van der Waals surface area contributed by atoms with Crippen LogP contribution >= 0.6 is 11.8 Å². The van der Waals surface area contributed by atoms with Crippen molar-refractivity contribution in [1.82, 2.24) is 9.55 Å². The molecule has 0 aromatic carbocycles. The van der Waals surface area contributed by atoms with Crippen molar-refractivity contribution in [3.8, 4) is 0 Å². The Bertz CT molecular complexity index is 598. The lowest BCUT2D eigenvalue weighted by Gasteiger charge is -2.22. The summed E-state index contributed by atoms with van der Waals surface area (Å²) in [4.78, 5) is 28.9. The molecular weight excluding hydrogens is 300 g/mol. The molecule has 22 heavy (non-hydrogen) atoms. The summed E-state index contributed by atoms with van der Waals surface area (Å²) in [5.41, 5.74) is 7.28. The van der Waals surface area contributed by atoms with Crippen LogP contribution in [-0.4, -0.2) is 41.9 Å². The number of fused-ring (bicyclic) bond motifs is 1. The Balaban J connectivity index is 2.27. The number of nitrogens with zero attached hydrogens (tertiary/aromatic N) is 2. The van der Waals surface area contributed by atoms with Crippen molar-refractivity contribution in [3.63, 3.8) is 0 Å². The fraction of sp³-hybridized carbons (Fsp3) is 0.667. The van der Waals surface area contributed by atoms with E-state index < -0.39 is 0 Å². The first kappa shape index (κ1) is 17.0. The lowest BCUT2D eigenvalue weighted by atomic mass is 9.97. The SMILES string of the molecule is C[NH+](C)CCCn1c2c(c(SCC(N)=O)nc1=O)CCCC2. The van der Waals surface area contributed by atoms with Crippen molar-refractivity contribution in [2.24, 2.45) is 5.73 Å². The predicted octanol–water partition coefficient (Wildman–Crippen LogP) is -0.766. The summed E-state index contributed by atoms with van der Waals surface area (Å²) in [6.45, 7) is 1.75. The molecule has 0 saturated heterocycles. The number of hydrogen-bond donors (Lipinski definition) is 2. The zero-order chi connectivity index (χ0) is 16.1. The van der Waals surface area contributed by atoms with Gasteiger partial charge in [0.15, 0.2) is 0 Å². The summed E-state index contributed by atoms with van der Waals surface area (Å²) in [6, 6.07) is 0. The number of hydrogen-bond acceptors (Lipinski definition) is 4. The van der Waals surface area contributed by atoms with Crippen LogP contribution in [0.5, 0.6) is 0 Å². The minimum atomic E-state index is -0.380. The summed E-state index contributed by atoms with van der Waals surface area (Å²) in [6.07, 6.45) is 5.03. The number of quaternary nitrogens is 1. The maximum absolute atomic E-state index is 12.3. The van der Waals surface area contributed by atoms with Crippen LogP contribution in [0.2, 0.25) is 0 Å².